The zero-order chi connectivity index (χ0) is 19.6. The molecule has 1 aliphatic heterocycles. The maximum Gasteiger partial charge on any atom is 0.416 e. The van der Waals surface area contributed by atoms with Crippen molar-refractivity contribution in [1.29, 1.82) is 0 Å². The first-order valence-electron chi connectivity index (χ1n) is 7.94. The number of hydrogen-bond acceptors (Lipinski definition) is 3. The molecule has 1 heterocycles. The van der Waals surface area contributed by atoms with Gasteiger partial charge in [-0.25, -0.2) is 9.59 Å². The minimum absolute atomic E-state index is 0.105. The van der Waals surface area contributed by atoms with Crippen LogP contribution in [0.4, 0.5) is 18.0 Å². The summed E-state index contributed by atoms with van der Waals surface area (Å²) < 4.78 is 45.2. The predicted molar refractivity (Wildman–Crippen MR) is 91.2 cm³/mol. The van der Waals surface area contributed by atoms with Gasteiger partial charge in [-0.15, -0.1) is 0 Å². The number of ether oxygens (including phenoxy) is 1. The molecule has 1 atom stereocenters. The molecule has 0 spiro atoms. The lowest BCUT2D eigenvalue weighted by molar-refractivity contribution is -0.139. The molecule has 2 aromatic rings. The summed E-state index contributed by atoms with van der Waals surface area (Å²) in [6.45, 7) is 0. The fourth-order valence-electron chi connectivity index (χ4n) is 2.97. The van der Waals surface area contributed by atoms with Crippen molar-refractivity contribution in [3.05, 3.63) is 76.9 Å². The first kappa shape index (κ1) is 18.5. The Kier molecular flexibility index (Phi) is 4.89. The molecule has 0 aromatic heterocycles. The number of hydrogen-bond donors (Lipinski definition) is 2. The molecule has 8 heteroatoms. The number of carbonyl (C=O) groups excluding carboxylic acids is 2. The van der Waals surface area contributed by atoms with E-state index in [0.717, 1.165) is 13.2 Å². The normalized spacial score (nSPS) is 17.2. The summed E-state index contributed by atoms with van der Waals surface area (Å²) in [6, 6.07) is 11.1. The van der Waals surface area contributed by atoms with E-state index < -0.39 is 29.8 Å². The number of alkyl halides is 3. The zero-order valence-electron chi connectivity index (χ0n) is 14.1. The molecular weight excluding hydrogens is 361 g/mol. The van der Waals surface area contributed by atoms with E-state index in [1.54, 1.807) is 30.3 Å². The smallest absolute Gasteiger partial charge is 0.416 e. The quantitative estimate of drug-likeness (QED) is 0.804. The van der Waals surface area contributed by atoms with E-state index in [2.05, 4.69) is 10.6 Å². The number of methoxy groups -OCH3 is 1. The number of esters is 1. The number of rotatable bonds is 3. The molecule has 3 rings (SSSR count). The second-order valence-electron chi connectivity index (χ2n) is 5.76. The molecule has 0 bridgehead atoms. The van der Waals surface area contributed by atoms with E-state index in [-0.39, 0.29) is 16.8 Å². The fraction of sp³-hybridized carbons (Fsp3) is 0.158. The van der Waals surface area contributed by atoms with E-state index in [9.17, 15) is 22.8 Å². The minimum atomic E-state index is -4.65. The van der Waals surface area contributed by atoms with Crippen LogP contribution in [0.15, 0.2) is 60.2 Å². The van der Waals surface area contributed by atoms with Crippen molar-refractivity contribution in [2.24, 2.45) is 0 Å². The molecule has 2 amide bonds. The highest BCUT2D eigenvalue weighted by atomic mass is 19.4. The average molecular weight is 376 g/mol. The molecule has 0 radical (unpaired) electrons. The lowest BCUT2D eigenvalue weighted by atomic mass is 9.90. The highest BCUT2D eigenvalue weighted by molar-refractivity contribution is 6.04. The second kappa shape index (κ2) is 7.14. The van der Waals surface area contributed by atoms with Gasteiger partial charge in [0.25, 0.3) is 0 Å². The summed E-state index contributed by atoms with van der Waals surface area (Å²) in [5.41, 5.74) is -0.713. The van der Waals surface area contributed by atoms with Gasteiger partial charge in [-0.05, 0) is 17.2 Å². The van der Waals surface area contributed by atoms with E-state index in [1.165, 1.54) is 18.2 Å². The standard InChI is InChI=1S/C19H15F3N2O3/c1-27-17(25)14-15(11-7-3-2-4-8-11)23-18(26)24-16(14)12-9-5-6-10-13(12)19(20,21)22/h2-10,16H,1H3,(H2,23,24,26). The van der Waals surface area contributed by atoms with Crippen molar-refractivity contribution in [2.75, 3.05) is 7.11 Å². The van der Waals surface area contributed by atoms with Gasteiger partial charge in [-0.1, -0.05) is 48.5 Å². The Morgan fingerprint density at radius 1 is 1.04 bits per heavy atom. The minimum Gasteiger partial charge on any atom is -0.466 e. The third kappa shape index (κ3) is 3.64. The molecule has 2 N–H and O–H groups in total. The van der Waals surface area contributed by atoms with Crippen LogP contribution >= 0.6 is 0 Å². The average Bonchev–Trinajstić information content (AvgIpc) is 2.66. The summed E-state index contributed by atoms with van der Waals surface area (Å²) in [5.74, 6) is -0.844. The van der Waals surface area contributed by atoms with Crippen molar-refractivity contribution >= 4 is 17.7 Å². The van der Waals surface area contributed by atoms with Crippen molar-refractivity contribution in [3.8, 4) is 0 Å². The Bertz CT molecular complexity index is 908. The number of benzene rings is 2. The van der Waals surface area contributed by atoms with Crippen LogP contribution in [0.3, 0.4) is 0 Å². The van der Waals surface area contributed by atoms with E-state index in [0.29, 0.717) is 5.56 Å². The number of amides is 2. The van der Waals surface area contributed by atoms with E-state index in [4.69, 9.17) is 4.74 Å². The molecule has 1 aliphatic rings. The van der Waals surface area contributed by atoms with Crippen LogP contribution < -0.4 is 10.6 Å². The largest absolute Gasteiger partial charge is 0.466 e. The van der Waals surface area contributed by atoms with Crippen LogP contribution in [0.2, 0.25) is 0 Å². The van der Waals surface area contributed by atoms with E-state index in [1.807, 2.05) is 0 Å². The van der Waals surface area contributed by atoms with Crippen LogP contribution in [-0.2, 0) is 15.7 Å². The van der Waals surface area contributed by atoms with Gasteiger partial charge in [0, 0.05) is 0 Å². The molecule has 5 nitrogen and oxygen atoms in total. The number of halogens is 3. The monoisotopic (exact) mass is 376 g/mol. The lowest BCUT2D eigenvalue weighted by Crippen LogP contribution is -2.45. The van der Waals surface area contributed by atoms with E-state index >= 15 is 0 Å². The first-order chi connectivity index (χ1) is 12.8. The molecule has 0 saturated heterocycles. The van der Waals surface area contributed by atoms with Crippen LogP contribution in [0.1, 0.15) is 22.7 Å². The van der Waals surface area contributed by atoms with Crippen molar-refractivity contribution in [2.45, 2.75) is 12.2 Å². The highest BCUT2D eigenvalue weighted by Crippen LogP contribution is 2.39. The molecule has 27 heavy (non-hydrogen) atoms. The summed E-state index contributed by atoms with van der Waals surface area (Å²) in [4.78, 5) is 24.6. The Hall–Kier alpha value is -3.29. The summed E-state index contributed by atoms with van der Waals surface area (Å²) >= 11 is 0. The van der Waals surface area contributed by atoms with Crippen molar-refractivity contribution in [3.63, 3.8) is 0 Å². The van der Waals surface area contributed by atoms with Crippen molar-refractivity contribution < 1.29 is 27.5 Å². The molecule has 140 valence electrons. The van der Waals surface area contributed by atoms with Gasteiger partial charge in [0.1, 0.15) is 0 Å². The SMILES string of the molecule is COC(=O)C1=C(c2ccccc2)NC(=O)NC1c1ccccc1C(F)(F)F. The first-order valence-corrected chi connectivity index (χ1v) is 7.94. The lowest BCUT2D eigenvalue weighted by Gasteiger charge is -2.30. The van der Waals surface area contributed by atoms with Crippen LogP contribution in [0.5, 0.6) is 0 Å². The molecular formula is C19H15F3N2O3. The van der Waals surface area contributed by atoms with Crippen LogP contribution in [0.25, 0.3) is 5.70 Å². The number of carbonyl (C=O) groups is 2. The van der Waals surface area contributed by atoms with Crippen LogP contribution in [0, 0.1) is 0 Å². The third-order valence-corrected chi connectivity index (χ3v) is 4.12. The fourth-order valence-corrected chi connectivity index (χ4v) is 2.97. The predicted octanol–water partition coefficient (Wildman–Crippen LogP) is 3.64. The van der Waals surface area contributed by atoms with Gasteiger partial charge >= 0.3 is 18.2 Å². The highest BCUT2D eigenvalue weighted by Gasteiger charge is 2.40. The summed E-state index contributed by atoms with van der Waals surface area (Å²) in [5, 5.41) is 4.90. The Morgan fingerprint density at radius 3 is 2.30 bits per heavy atom. The molecule has 1 unspecified atom stereocenters. The third-order valence-electron chi connectivity index (χ3n) is 4.12. The molecule has 2 aromatic carbocycles. The summed E-state index contributed by atoms with van der Waals surface area (Å²) in [7, 11) is 1.13. The topological polar surface area (TPSA) is 67.4 Å². The van der Waals surface area contributed by atoms with Gasteiger partial charge in [0.2, 0.25) is 0 Å². The van der Waals surface area contributed by atoms with Gasteiger partial charge < -0.3 is 15.4 Å². The second-order valence-corrected chi connectivity index (χ2v) is 5.76. The molecule has 0 saturated carbocycles. The molecule has 0 aliphatic carbocycles. The Labute approximate surface area is 152 Å². The Balaban J connectivity index is 2.26. The van der Waals surface area contributed by atoms with Crippen molar-refractivity contribution in [1.82, 2.24) is 10.6 Å². The maximum atomic E-state index is 13.5. The Morgan fingerprint density at radius 2 is 1.67 bits per heavy atom. The number of nitrogens with one attached hydrogen (secondary N) is 2. The van der Waals surface area contributed by atoms with Crippen LogP contribution in [-0.4, -0.2) is 19.1 Å². The molecule has 0 fully saturated rings. The maximum absolute atomic E-state index is 13.5. The van der Waals surface area contributed by atoms with Gasteiger partial charge in [-0.3, -0.25) is 0 Å². The van der Waals surface area contributed by atoms with Gasteiger partial charge in [-0.2, -0.15) is 13.2 Å². The summed E-state index contributed by atoms with van der Waals surface area (Å²) in [6.07, 6.45) is -4.65. The van der Waals surface area contributed by atoms with Gasteiger partial charge in [0.05, 0.1) is 30.0 Å². The zero-order valence-corrected chi connectivity index (χ0v) is 14.1. The number of urea groups is 1. The van der Waals surface area contributed by atoms with Gasteiger partial charge in [0.15, 0.2) is 0 Å².